The molecule has 70 valence electrons. The third-order valence-electron chi connectivity index (χ3n) is 2.24. The molecule has 0 aliphatic rings. The van der Waals surface area contributed by atoms with Crippen molar-refractivity contribution in [3.05, 3.63) is 35.9 Å². The zero-order valence-corrected chi connectivity index (χ0v) is 8.23. The summed E-state index contributed by atoms with van der Waals surface area (Å²) in [6.45, 7) is 11.2. The highest BCUT2D eigenvalue weighted by Crippen LogP contribution is 2.22. The minimum Gasteiger partial charge on any atom is -0.329 e. The molecule has 0 atom stereocenters. The summed E-state index contributed by atoms with van der Waals surface area (Å²) >= 11 is 0. The van der Waals surface area contributed by atoms with E-state index >= 15 is 0 Å². The van der Waals surface area contributed by atoms with Gasteiger partial charge in [-0.1, -0.05) is 6.07 Å². The van der Waals surface area contributed by atoms with E-state index in [0.29, 0.717) is 11.7 Å². The number of nitrogens with zero attached hydrogens (tertiary/aromatic N) is 3. The molecule has 1 aromatic carbocycles. The molecular weight excluding hydrogens is 174 g/mol. The molecule has 0 amide bonds. The van der Waals surface area contributed by atoms with Crippen molar-refractivity contribution in [3.63, 3.8) is 0 Å². The van der Waals surface area contributed by atoms with E-state index in [0.717, 1.165) is 11.0 Å². The number of aromatic nitrogens is 2. The first-order chi connectivity index (χ1) is 6.72. The zero-order valence-electron chi connectivity index (χ0n) is 8.23. The lowest BCUT2D eigenvalue weighted by Crippen LogP contribution is -1.97. The molecule has 0 N–H and O–H groups in total. The quantitative estimate of drug-likeness (QED) is 0.625. The molecule has 1 aromatic heterocycles. The first kappa shape index (κ1) is 8.76. The van der Waals surface area contributed by atoms with Crippen LogP contribution in [0.1, 0.15) is 19.9 Å². The molecular formula is C11H11N3. The molecule has 0 radical (unpaired) electrons. The van der Waals surface area contributed by atoms with E-state index in [2.05, 4.69) is 28.2 Å². The molecule has 0 fully saturated rings. The summed E-state index contributed by atoms with van der Waals surface area (Å²) < 4.78 is 2.07. The summed E-state index contributed by atoms with van der Waals surface area (Å²) in [5.41, 5.74) is 2.65. The maximum absolute atomic E-state index is 6.95. The van der Waals surface area contributed by atoms with E-state index in [1.54, 1.807) is 6.07 Å². The Balaban J connectivity index is 2.71. The van der Waals surface area contributed by atoms with Crippen molar-refractivity contribution >= 4 is 16.7 Å². The molecule has 14 heavy (non-hydrogen) atoms. The van der Waals surface area contributed by atoms with Crippen LogP contribution in [0.2, 0.25) is 0 Å². The standard InChI is InChI=1S/C11H11N3/c1-8(2)14-7-13-10-5-4-9(12-3)6-11(10)14/h4-8H,1-2H3. The van der Waals surface area contributed by atoms with E-state index in [4.69, 9.17) is 6.57 Å². The number of rotatable bonds is 1. The Bertz CT molecular complexity index is 503. The number of fused-ring (bicyclic) bond motifs is 1. The maximum atomic E-state index is 6.95. The minimum absolute atomic E-state index is 0.376. The first-order valence-corrected chi connectivity index (χ1v) is 4.56. The van der Waals surface area contributed by atoms with Gasteiger partial charge in [0.15, 0.2) is 5.69 Å². The largest absolute Gasteiger partial charge is 0.329 e. The Labute approximate surface area is 82.8 Å². The van der Waals surface area contributed by atoms with Crippen LogP contribution in [0.5, 0.6) is 0 Å². The molecule has 0 saturated heterocycles. The number of hydrogen-bond acceptors (Lipinski definition) is 1. The molecule has 3 nitrogen and oxygen atoms in total. The topological polar surface area (TPSA) is 22.2 Å². The first-order valence-electron chi connectivity index (χ1n) is 4.56. The van der Waals surface area contributed by atoms with Crippen molar-refractivity contribution in [1.29, 1.82) is 0 Å². The summed E-state index contributed by atoms with van der Waals surface area (Å²) in [4.78, 5) is 7.68. The van der Waals surface area contributed by atoms with E-state index in [-0.39, 0.29) is 0 Å². The predicted molar refractivity (Wildman–Crippen MR) is 56.4 cm³/mol. The smallest absolute Gasteiger partial charge is 0.189 e. The summed E-state index contributed by atoms with van der Waals surface area (Å²) in [5.74, 6) is 0. The molecule has 3 heteroatoms. The molecule has 0 aliphatic carbocycles. The van der Waals surface area contributed by atoms with E-state index < -0.39 is 0 Å². The third kappa shape index (κ3) is 1.25. The molecule has 2 aromatic rings. The molecule has 0 saturated carbocycles. The lowest BCUT2D eigenvalue weighted by atomic mass is 10.2. The van der Waals surface area contributed by atoms with Crippen LogP contribution in [0.3, 0.4) is 0 Å². The van der Waals surface area contributed by atoms with Crippen molar-refractivity contribution in [3.8, 4) is 0 Å². The Morgan fingerprint density at radius 1 is 1.43 bits per heavy atom. The summed E-state index contributed by atoms with van der Waals surface area (Å²) in [7, 11) is 0. The van der Waals surface area contributed by atoms with Crippen LogP contribution in [0.4, 0.5) is 5.69 Å². The van der Waals surface area contributed by atoms with Gasteiger partial charge in [-0.15, -0.1) is 0 Å². The van der Waals surface area contributed by atoms with Gasteiger partial charge in [-0.25, -0.2) is 9.83 Å². The molecule has 0 spiro atoms. The maximum Gasteiger partial charge on any atom is 0.189 e. The van der Waals surface area contributed by atoms with E-state index in [9.17, 15) is 0 Å². The van der Waals surface area contributed by atoms with E-state index in [1.807, 2.05) is 18.5 Å². The molecule has 0 aliphatic heterocycles. The van der Waals surface area contributed by atoms with Crippen LogP contribution >= 0.6 is 0 Å². The van der Waals surface area contributed by atoms with Crippen LogP contribution < -0.4 is 0 Å². The van der Waals surface area contributed by atoms with Crippen molar-refractivity contribution in [2.75, 3.05) is 0 Å². The number of benzene rings is 1. The second kappa shape index (κ2) is 3.15. The fourth-order valence-electron chi connectivity index (χ4n) is 1.50. The van der Waals surface area contributed by atoms with Gasteiger partial charge in [-0.2, -0.15) is 0 Å². The Kier molecular flexibility index (Phi) is 1.97. The van der Waals surface area contributed by atoms with Gasteiger partial charge in [0.2, 0.25) is 0 Å². The lowest BCUT2D eigenvalue weighted by molar-refractivity contribution is 0.617. The summed E-state index contributed by atoms with van der Waals surface area (Å²) in [5, 5.41) is 0. The van der Waals surface area contributed by atoms with Gasteiger partial charge >= 0.3 is 0 Å². The highest BCUT2D eigenvalue weighted by atomic mass is 15.1. The average Bonchev–Trinajstić information content (AvgIpc) is 2.59. The monoisotopic (exact) mass is 185 g/mol. The molecule has 0 unspecified atom stereocenters. The van der Waals surface area contributed by atoms with Crippen LogP contribution in [-0.2, 0) is 0 Å². The SMILES string of the molecule is [C-]#[N+]c1ccc2ncn(C(C)C)c2c1. The highest BCUT2D eigenvalue weighted by Gasteiger charge is 2.05. The van der Waals surface area contributed by atoms with Crippen LogP contribution in [0.15, 0.2) is 24.5 Å². The van der Waals surface area contributed by atoms with Gasteiger partial charge in [-0.05, 0) is 26.0 Å². The summed E-state index contributed by atoms with van der Waals surface area (Å²) in [6.07, 6.45) is 1.82. The molecule has 2 rings (SSSR count). The van der Waals surface area contributed by atoms with Crippen molar-refractivity contribution in [2.45, 2.75) is 19.9 Å². The third-order valence-corrected chi connectivity index (χ3v) is 2.24. The second-order valence-electron chi connectivity index (χ2n) is 3.53. The zero-order chi connectivity index (χ0) is 10.1. The van der Waals surface area contributed by atoms with Crippen molar-refractivity contribution in [2.24, 2.45) is 0 Å². The fraction of sp³-hybridized carbons (Fsp3) is 0.273. The Hall–Kier alpha value is -1.82. The van der Waals surface area contributed by atoms with Crippen molar-refractivity contribution in [1.82, 2.24) is 9.55 Å². The van der Waals surface area contributed by atoms with Crippen LogP contribution in [0.25, 0.3) is 15.9 Å². The lowest BCUT2D eigenvalue weighted by Gasteiger charge is -2.07. The summed E-state index contributed by atoms with van der Waals surface area (Å²) in [6, 6.07) is 5.95. The normalized spacial score (nSPS) is 10.7. The van der Waals surface area contributed by atoms with Gasteiger partial charge in [0.1, 0.15) is 0 Å². The number of hydrogen-bond donors (Lipinski definition) is 0. The van der Waals surface area contributed by atoms with Gasteiger partial charge in [0.25, 0.3) is 0 Å². The van der Waals surface area contributed by atoms with Gasteiger partial charge < -0.3 is 4.57 Å². The second-order valence-corrected chi connectivity index (χ2v) is 3.53. The van der Waals surface area contributed by atoms with Crippen molar-refractivity contribution < 1.29 is 0 Å². The average molecular weight is 185 g/mol. The van der Waals surface area contributed by atoms with Gasteiger partial charge in [0.05, 0.1) is 23.9 Å². The van der Waals surface area contributed by atoms with Crippen LogP contribution in [-0.4, -0.2) is 9.55 Å². The highest BCUT2D eigenvalue weighted by molar-refractivity contribution is 5.79. The van der Waals surface area contributed by atoms with Gasteiger partial charge in [-0.3, -0.25) is 0 Å². The minimum atomic E-state index is 0.376. The Morgan fingerprint density at radius 3 is 2.86 bits per heavy atom. The van der Waals surface area contributed by atoms with Gasteiger partial charge in [0, 0.05) is 6.04 Å². The number of imidazole rings is 1. The van der Waals surface area contributed by atoms with Crippen LogP contribution in [0, 0.1) is 6.57 Å². The Morgan fingerprint density at radius 2 is 2.21 bits per heavy atom. The predicted octanol–water partition coefficient (Wildman–Crippen LogP) is 3.17. The van der Waals surface area contributed by atoms with E-state index in [1.165, 1.54) is 0 Å². The fourth-order valence-corrected chi connectivity index (χ4v) is 1.50. The molecule has 1 heterocycles. The molecule has 0 bridgehead atoms.